The predicted octanol–water partition coefficient (Wildman–Crippen LogP) is 3.54. The first-order valence-corrected chi connectivity index (χ1v) is 6.93. The molecule has 110 valence electrons. The van der Waals surface area contributed by atoms with Crippen molar-refractivity contribution in [3.05, 3.63) is 59.4 Å². The lowest BCUT2D eigenvalue weighted by atomic mass is 10.2. The van der Waals surface area contributed by atoms with E-state index in [1.807, 2.05) is 12.1 Å². The van der Waals surface area contributed by atoms with Gasteiger partial charge in [0.2, 0.25) is 0 Å². The number of anilines is 1. The average Bonchev–Trinajstić information content (AvgIpc) is 2.54. The topological polar surface area (TPSA) is 64.1 Å². The molecule has 1 aromatic heterocycles. The number of carbonyl (C=O) groups excluding carboxylic acids is 1. The summed E-state index contributed by atoms with van der Waals surface area (Å²) in [4.78, 5) is 20.8. The molecule has 1 amide bonds. The van der Waals surface area contributed by atoms with Gasteiger partial charge in [-0.05, 0) is 36.4 Å². The van der Waals surface area contributed by atoms with Gasteiger partial charge in [0.15, 0.2) is 10.8 Å². The molecule has 0 aliphatic carbocycles. The van der Waals surface area contributed by atoms with Gasteiger partial charge in [-0.2, -0.15) is 0 Å². The number of fused-ring (bicyclic) bond motifs is 1. The third-order valence-corrected chi connectivity index (χ3v) is 3.35. The van der Waals surface area contributed by atoms with Crippen molar-refractivity contribution in [1.29, 1.82) is 0 Å². The van der Waals surface area contributed by atoms with Crippen molar-refractivity contribution in [2.24, 2.45) is 0 Å². The highest BCUT2D eigenvalue weighted by Gasteiger charge is 2.15. The molecule has 0 bridgehead atoms. The fraction of sp³-hybridized carbons (Fsp3) is 0.0625. The SMILES string of the molecule is COc1ccc(NC(=O)c2nc3ccccc3nc2Cl)cc1. The van der Waals surface area contributed by atoms with Crippen molar-refractivity contribution in [3.63, 3.8) is 0 Å². The summed E-state index contributed by atoms with van der Waals surface area (Å²) in [5.41, 5.74) is 1.98. The molecule has 0 aliphatic rings. The van der Waals surface area contributed by atoms with Gasteiger partial charge in [-0.25, -0.2) is 9.97 Å². The zero-order valence-electron chi connectivity index (χ0n) is 11.7. The molecule has 2 aromatic carbocycles. The monoisotopic (exact) mass is 313 g/mol. The van der Waals surface area contributed by atoms with E-state index in [-0.39, 0.29) is 10.8 Å². The number of aromatic nitrogens is 2. The van der Waals surface area contributed by atoms with E-state index in [1.54, 1.807) is 43.5 Å². The van der Waals surface area contributed by atoms with Gasteiger partial charge in [0.05, 0.1) is 18.1 Å². The first-order valence-electron chi connectivity index (χ1n) is 6.55. The molecule has 3 rings (SSSR count). The van der Waals surface area contributed by atoms with E-state index >= 15 is 0 Å². The first-order chi connectivity index (χ1) is 10.7. The molecule has 0 fully saturated rings. The summed E-state index contributed by atoms with van der Waals surface area (Å²) in [5, 5.41) is 2.81. The quantitative estimate of drug-likeness (QED) is 0.803. The van der Waals surface area contributed by atoms with Crippen molar-refractivity contribution in [1.82, 2.24) is 9.97 Å². The van der Waals surface area contributed by atoms with Gasteiger partial charge in [-0.15, -0.1) is 0 Å². The second-order valence-electron chi connectivity index (χ2n) is 4.53. The Bertz CT molecular complexity index is 834. The third-order valence-electron chi connectivity index (χ3n) is 3.09. The van der Waals surface area contributed by atoms with E-state index in [4.69, 9.17) is 16.3 Å². The van der Waals surface area contributed by atoms with E-state index in [0.717, 1.165) is 0 Å². The minimum absolute atomic E-state index is 0.0738. The molecule has 0 atom stereocenters. The van der Waals surface area contributed by atoms with Crippen LogP contribution in [-0.4, -0.2) is 23.0 Å². The summed E-state index contributed by atoms with van der Waals surface area (Å²) in [6.07, 6.45) is 0. The van der Waals surface area contributed by atoms with Crippen LogP contribution in [0.25, 0.3) is 11.0 Å². The second-order valence-corrected chi connectivity index (χ2v) is 4.89. The molecule has 0 saturated heterocycles. The van der Waals surface area contributed by atoms with Crippen molar-refractivity contribution in [3.8, 4) is 5.75 Å². The number of halogens is 1. The van der Waals surface area contributed by atoms with Crippen LogP contribution < -0.4 is 10.1 Å². The molecular formula is C16H12ClN3O2. The fourth-order valence-electron chi connectivity index (χ4n) is 1.99. The molecule has 1 heterocycles. The fourth-order valence-corrected chi connectivity index (χ4v) is 2.21. The van der Waals surface area contributed by atoms with Crippen LogP contribution in [0.15, 0.2) is 48.5 Å². The number of benzene rings is 2. The highest BCUT2D eigenvalue weighted by molar-refractivity contribution is 6.33. The molecule has 0 unspecified atom stereocenters. The summed E-state index contributed by atoms with van der Waals surface area (Å²) in [7, 11) is 1.58. The number of carbonyl (C=O) groups is 1. The Balaban J connectivity index is 1.89. The van der Waals surface area contributed by atoms with Crippen LogP contribution in [0.3, 0.4) is 0 Å². The Hall–Kier alpha value is -2.66. The molecular weight excluding hydrogens is 302 g/mol. The van der Waals surface area contributed by atoms with Gasteiger partial charge in [-0.1, -0.05) is 23.7 Å². The van der Waals surface area contributed by atoms with Crippen LogP contribution in [0.2, 0.25) is 5.15 Å². The van der Waals surface area contributed by atoms with Crippen LogP contribution in [-0.2, 0) is 0 Å². The highest BCUT2D eigenvalue weighted by atomic mass is 35.5. The van der Waals surface area contributed by atoms with Crippen molar-refractivity contribution >= 4 is 34.2 Å². The van der Waals surface area contributed by atoms with Crippen LogP contribution in [0.4, 0.5) is 5.69 Å². The maximum atomic E-state index is 12.3. The number of amides is 1. The summed E-state index contributed by atoms with van der Waals surface area (Å²) < 4.78 is 5.07. The number of hydrogen-bond donors (Lipinski definition) is 1. The van der Waals surface area contributed by atoms with Crippen LogP contribution >= 0.6 is 11.6 Å². The highest BCUT2D eigenvalue weighted by Crippen LogP contribution is 2.19. The minimum atomic E-state index is -0.409. The van der Waals surface area contributed by atoms with Gasteiger partial charge in [0.1, 0.15) is 5.75 Å². The lowest BCUT2D eigenvalue weighted by Crippen LogP contribution is -2.15. The number of hydrogen-bond acceptors (Lipinski definition) is 4. The standard InChI is InChI=1S/C16H12ClN3O2/c1-22-11-8-6-10(7-9-11)18-16(21)14-15(17)20-13-5-3-2-4-12(13)19-14/h2-9H,1H3,(H,18,21). The van der Waals surface area contributed by atoms with Crippen LogP contribution in [0.5, 0.6) is 5.75 Å². The Labute approximate surface area is 131 Å². The molecule has 0 aliphatic heterocycles. The summed E-state index contributed by atoms with van der Waals surface area (Å²) in [5.74, 6) is 0.301. The Kier molecular flexibility index (Phi) is 3.89. The largest absolute Gasteiger partial charge is 0.497 e. The maximum Gasteiger partial charge on any atom is 0.277 e. The van der Waals surface area contributed by atoms with E-state index in [1.165, 1.54) is 0 Å². The summed E-state index contributed by atoms with van der Waals surface area (Å²) in [6.45, 7) is 0. The van der Waals surface area contributed by atoms with E-state index < -0.39 is 5.91 Å². The molecule has 0 saturated carbocycles. The average molecular weight is 314 g/mol. The molecule has 3 aromatic rings. The lowest BCUT2D eigenvalue weighted by Gasteiger charge is -2.07. The Morgan fingerprint density at radius 3 is 2.32 bits per heavy atom. The number of nitrogens with zero attached hydrogens (tertiary/aromatic N) is 2. The van der Waals surface area contributed by atoms with Crippen LogP contribution in [0, 0.1) is 0 Å². The number of nitrogens with one attached hydrogen (secondary N) is 1. The van der Waals surface area contributed by atoms with Gasteiger partial charge in [0.25, 0.3) is 5.91 Å². The van der Waals surface area contributed by atoms with Gasteiger partial charge in [-0.3, -0.25) is 4.79 Å². The van der Waals surface area contributed by atoms with E-state index in [9.17, 15) is 4.79 Å². The number of para-hydroxylation sites is 2. The van der Waals surface area contributed by atoms with Crippen molar-refractivity contribution in [2.75, 3.05) is 12.4 Å². The van der Waals surface area contributed by atoms with Crippen LogP contribution in [0.1, 0.15) is 10.5 Å². The maximum absolute atomic E-state index is 12.3. The zero-order chi connectivity index (χ0) is 15.5. The Morgan fingerprint density at radius 2 is 1.68 bits per heavy atom. The number of methoxy groups -OCH3 is 1. The Morgan fingerprint density at radius 1 is 1.05 bits per heavy atom. The smallest absolute Gasteiger partial charge is 0.277 e. The van der Waals surface area contributed by atoms with Crippen molar-refractivity contribution in [2.45, 2.75) is 0 Å². The normalized spacial score (nSPS) is 10.5. The predicted molar refractivity (Wildman–Crippen MR) is 85.5 cm³/mol. The first kappa shape index (κ1) is 14.3. The summed E-state index contributed by atoms with van der Waals surface area (Å²) >= 11 is 6.06. The van der Waals surface area contributed by atoms with Gasteiger partial charge < -0.3 is 10.1 Å². The number of ether oxygens (including phenoxy) is 1. The minimum Gasteiger partial charge on any atom is -0.497 e. The molecule has 1 N–H and O–H groups in total. The molecule has 0 spiro atoms. The molecule has 5 nitrogen and oxygen atoms in total. The molecule has 22 heavy (non-hydrogen) atoms. The summed E-state index contributed by atoms with van der Waals surface area (Å²) in [6, 6.07) is 14.2. The van der Waals surface area contributed by atoms with Gasteiger partial charge in [0, 0.05) is 5.69 Å². The van der Waals surface area contributed by atoms with E-state index in [0.29, 0.717) is 22.5 Å². The lowest BCUT2D eigenvalue weighted by molar-refractivity contribution is 0.102. The van der Waals surface area contributed by atoms with E-state index in [2.05, 4.69) is 15.3 Å². The molecule has 6 heteroatoms. The third kappa shape index (κ3) is 2.84. The second kappa shape index (κ2) is 5.99. The molecule has 0 radical (unpaired) electrons. The van der Waals surface area contributed by atoms with Gasteiger partial charge >= 0.3 is 0 Å². The van der Waals surface area contributed by atoms with Crippen molar-refractivity contribution < 1.29 is 9.53 Å². The zero-order valence-corrected chi connectivity index (χ0v) is 12.5. The number of rotatable bonds is 3.